The van der Waals surface area contributed by atoms with Gasteiger partial charge in [0.05, 0.1) is 0 Å². The number of anilines is 1. The van der Waals surface area contributed by atoms with Gasteiger partial charge in [0.1, 0.15) is 12.0 Å². The second-order valence-electron chi connectivity index (χ2n) is 2.56. The average molecular weight is 165 g/mol. The zero-order valence-corrected chi connectivity index (χ0v) is 7.61. The van der Waals surface area contributed by atoms with Crippen LogP contribution in [0.2, 0.25) is 0 Å². The molecule has 0 N–H and O–H groups in total. The van der Waals surface area contributed by atoms with Gasteiger partial charge in [-0.15, -0.1) is 0 Å². The minimum Gasteiger partial charge on any atom is -0.362 e. The van der Waals surface area contributed by atoms with Gasteiger partial charge in [-0.1, -0.05) is 0 Å². The van der Waals surface area contributed by atoms with Crippen LogP contribution in [0.25, 0.3) is 0 Å². The van der Waals surface area contributed by atoms with Crippen molar-refractivity contribution in [3.63, 3.8) is 0 Å². The van der Waals surface area contributed by atoms with Crippen molar-refractivity contribution in [1.29, 1.82) is 0 Å². The van der Waals surface area contributed by atoms with Crippen LogP contribution < -0.4 is 4.90 Å². The monoisotopic (exact) mass is 165 g/mol. The average Bonchev–Trinajstić information content (AvgIpc) is 2.17. The Kier molecular flexibility index (Phi) is 3.05. The lowest BCUT2D eigenvalue weighted by Crippen LogP contribution is -2.30. The molecule has 0 aliphatic heterocycles. The van der Waals surface area contributed by atoms with E-state index < -0.39 is 0 Å². The van der Waals surface area contributed by atoms with Crippen LogP contribution in [0, 0.1) is 6.07 Å². The molecule has 0 aliphatic carbocycles. The molecule has 0 saturated heterocycles. The summed E-state index contributed by atoms with van der Waals surface area (Å²) in [6, 6.07) is 6.60. The molecular formula is C9H13N2O. The molecule has 1 atom stereocenters. The summed E-state index contributed by atoms with van der Waals surface area (Å²) in [4.78, 5) is 6.09. The summed E-state index contributed by atoms with van der Waals surface area (Å²) in [6.07, 6.45) is 1.69. The maximum atomic E-state index is 5.14. The first-order chi connectivity index (χ1) is 5.75. The maximum absolute atomic E-state index is 5.14. The van der Waals surface area contributed by atoms with Crippen LogP contribution in [0.4, 0.5) is 5.82 Å². The number of methoxy groups -OCH3 is 1. The van der Waals surface area contributed by atoms with Crippen molar-refractivity contribution in [2.75, 3.05) is 19.1 Å². The van der Waals surface area contributed by atoms with Crippen LogP contribution in [0.3, 0.4) is 0 Å². The molecule has 0 saturated carbocycles. The van der Waals surface area contributed by atoms with Crippen molar-refractivity contribution in [3.8, 4) is 0 Å². The van der Waals surface area contributed by atoms with Crippen LogP contribution >= 0.6 is 0 Å². The standard InChI is InChI=1S/C9H13N2O/c1-8(12-3)11(2)9-6-4-5-7-10-9/h4,6-8H,1-3H3. The molecule has 65 valence electrons. The van der Waals surface area contributed by atoms with E-state index in [1.807, 2.05) is 31.0 Å². The largest absolute Gasteiger partial charge is 0.362 e. The Labute approximate surface area is 73.0 Å². The highest BCUT2D eigenvalue weighted by Gasteiger charge is 2.07. The number of hydrogen-bond acceptors (Lipinski definition) is 3. The molecule has 1 unspecified atom stereocenters. The first-order valence-corrected chi connectivity index (χ1v) is 3.83. The molecule has 0 aromatic carbocycles. The third-order valence-electron chi connectivity index (χ3n) is 1.85. The number of nitrogens with zero attached hydrogens (tertiary/aromatic N) is 2. The maximum Gasteiger partial charge on any atom is 0.130 e. The van der Waals surface area contributed by atoms with E-state index in [0.29, 0.717) is 0 Å². The van der Waals surface area contributed by atoms with Crippen molar-refractivity contribution < 1.29 is 4.74 Å². The van der Waals surface area contributed by atoms with E-state index in [4.69, 9.17) is 4.74 Å². The number of hydrogen-bond donors (Lipinski definition) is 0. The van der Waals surface area contributed by atoms with Crippen LogP contribution in [0.15, 0.2) is 18.3 Å². The Balaban J connectivity index is 2.71. The highest BCUT2D eigenvalue weighted by atomic mass is 16.5. The Morgan fingerprint density at radius 2 is 2.42 bits per heavy atom. The topological polar surface area (TPSA) is 25.4 Å². The molecule has 1 aromatic rings. The summed E-state index contributed by atoms with van der Waals surface area (Å²) < 4.78 is 5.14. The van der Waals surface area contributed by atoms with Crippen LogP contribution in [0.1, 0.15) is 6.92 Å². The van der Waals surface area contributed by atoms with Crippen molar-refractivity contribution in [1.82, 2.24) is 4.98 Å². The van der Waals surface area contributed by atoms with Gasteiger partial charge in [0, 0.05) is 26.4 Å². The normalized spacial score (nSPS) is 12.6. The van der Waals surface area contributed by atoms with Gasteiger partial charge in [-0.2, -0.15) is 0 Å². The van der Waals surface area contributed by atoms with E-state index in [1.54, 1.807) is 13.3 Å². The van der Waals surface area contributed by atoms with Gasteiger partial charge in [-0.25, -0.2) is 4.98 Å². The van der Waals surface area contributed by atoms with E-state index >= 15 is 0 Å². The Hall–Kier alpha value is -1.09. The van der Waals surface area contributed by atoms with Gasteiger partial charge < -0.3 is 9.64 Å². The van der Waals surface area contributed by atoms with Gasteiger partial charge >= 0.3 is 0 Å². The molecule has 3 nitrogen and oxygen atoms in total. The van der Waals surface area contributed by atoms with Gasteiger partial charge in [0.15, 0.2) is 0 Å². The molecule has 3 heteroatoms. The fourth-order valence-corrected chi connectivity index (χ4v) is 0.865. The highest BCUT2D eigenvalue weighted by Crippen LogP contribution is 2.09. The molecule has 12 heavy (non-hydrogen) atoms. The third kappa shape index (κ3) is 1.95. The van der Waals surface area contributed by atoms with Gasteiger partial charge in [-0.3, -0.25) is 0 Å². The van der Waals surface area contributed by atoms with Crippen molar-refractivity contribution in [3.05, 3.63) is 24.4 Å². The van der Waals surface area contributed by atoms with E-state index in [2.05, 4.69) is 11.1 Å². The zero-order valence-electron chi connectivity index (χ0n) is 7.61. The predicted octanol–water partition coefficient (Wildman–Crippen LogP) is 1.31. The molecule has 0 bridgehead atoms. The van der Waals surface area contributed by atoms with E-state index in [0.717, 1.165) is 5.82 Å². The Bertz CT molecular complexity index is 225. The summed E-state index contributed by atoms with van der Waals surface area (Å²) in [5, 5.41) is 0. The predicted molar refractivity (Wildman–Crippen MR) is 47.9 cm³/mol. The number of aromatic nitrogens is 1. The zero-order chi connectivity index (χ0) is 8.97. The SMILES string of the molecule is COC(C)N(C)c1cc[c]cn1. The van der Waals surface area contributed by atoms with Crippen molar-refractivity contribution in [2.45, 2.75) is 13.2 Å². The number of ether oxygens (including phenoxy) is 1. The summed E-state index contributed by atoms with van der Waals surface area (Å²) >= 11 is 0. The van der Waals surface area contributed by atoms with Gasteiger partial charge in [0.25, 0.3) is 0 Å². The Morgan fingerprint density at radius 1 is 1.67 bits per heavy atom. The second-order valence-corrected chi connectivity index (χ2v) is 2.56. The number of rotatable bonds is 3. The third-order valence-corrected chi connectivity index (χ3v) is 1.85. The first-order valence-electron chi connectivity index (χ1n) is 3.83. The van der Waals surface area contributed by atoms with Crippen molar-refractivity contribution >= 4 is 5.82 Å². The second kappa shape index (κ2) is 4.07. The molecule has 0 spiro atoms. The minimum atomic E-state index is 0.0416. The summed E-state index contributed by atoms with van der Waals surface area (Å²) in [5.74, 6) is 0.892. The van der Waals surface area contributed by atoms with Crippen LogP contribution in [-0.2, 0) is 4.74 Å². The van der Waals surface area contributed by atoms with Gasteiger partial charge in [0.2, 0.25) is 0 Å². The number of pyridine rings is 1. The molecule has 0 amide bonds. The molecule has 1 rings (SSSR count). The Morgan fingerprint density at radius 3 is 2.92 bits per heavy atom. The smallest absolute Gasteiger partial charge is 0.130 e. The van der Waals surface area contributed by atoms with Gasteiger partial charge in [-0.05, 0) is 19.1 Å². The lowest BCUT2D eigenvalue weighted by Gasteiger charge is -2.23. The molecular weight excluding hydrogens is 152 g/mol. The summed E-state index contributed by atoms with van der Waals surface area (Å²) in [6.45, 7) is 1.97. The lowest BCUT2D eigenvalue weighted by molar-refractivity contribution is 0.118. The van der Waals surface area contributed by atoms with E-state index in [-0.39, 0.29) is 6.23 Å². The summed E-state index contributed by atoms with van der Waals surface area (Å²) in [5.41, 5.74) is 0. The quantitative estimate of drug-likeness (QED) is 0.631. The molecule has 1 heterocycles. The molecule has 1 aromatic heterocycles. The highest BCUT2D eigenvalue weighted by molar-refractivity contribution is 5.36. The van der Waals surface area contributed by atoms with E-state index in [1.165, 1.54) is 0 Å². The molecule has 0 aliphatic rings. The lowest BCUT2D eigenvalue weighted by atomic mass is 10.4. The molecule has 0 fully saturated rings. The van der Waals surface area contributed by atoms with Crippen molar-refractivity contribution in [2.24, 2.45) is 0 Å². The van der Waals surface area contributed by atoms with Crippen LogP contribution in [0.5, 0.6) is 0 Å². The van der Waals surface area contributed by atoms with E-state index in [9.17, 15) is 0 Å². The fraction of sp³-hybridized carbons (Fsp3) is 0.444. The molecule has 1 radical (unpaired) electrons. The first kappa shape index (κ1) is 9.00. The summed E-state index contributed by atoms with van der Waals surface area (Å²) in [7, 11) is 3.62. The van der Waals surface area contributed by atoms with Crippen LogP contribution in [-0.4, -0.2) is 25.4 Å². The minimum absolute atomic E-state index is 0.0416. The fourth-order valence-electron chi connectivity index (χ4n) is 0.865.